The molecule has 0 saturated carbocycles. The van der Waals surface area contributed by atoms with Gasteiger partial charge >= 0.3 is 0 Å². The summed E-state index contributed by atoms with van der Waals surface area (Å²) in [6.45, 7) is 3.63. The Kier molecular flexibility index (Phi) is 4.99. The van der Waals surface area contributed by atoms with E-state index in [-0.39, 0.29) is 18.0 Å². The van der Waals surface area contributed by atoms with Crippen LogP contribution in [0, 0.1) is 5.82 Å². The summed E-state index contributed by atoms with van der Waals surface area (Å²) in [5.74, 6) is 1.52. The van der Waals surface area contributed by atoms with Crippen LogP contribution in [0.2, 0.25) is 0 Å². The SMILES string of the molecule is OC1CCN(c2cc(N3CCO[C@H](c4ccc(F)cc4)C3)ncn2)CC1. The van der Waals surface area contributed by atoms with Crippen LogP contribution in [0.1, 0.15) is 24.5 Å². The smallest absolute Gasteiger partial charge is 0.134 e. The van der Waals surface area contributed by atoms with Crippen molar-refractivity contribution >= 4 is 11.6 Å². The summed E-state index contributed by atoms with van der Waals surface area (Å²) < 4.78 is 19.0. The number of hydrogen-bond donors (Lipinski definition) is 1. The van der Waals surface area contributed by atoms with Gasteiger partial charge in [-0.25, -0.2) is 14.4 Å². The van der Waals surface area contributed by atoms with E-state index in [9.17, 15) is 9.50 Å². The second-order valence-corrected chi connectivity index (χ2v) is 6.81. The monoisotopic (exact) mass is 358 g/mol. The lowest BCUT2D eigenvalue weighted by Crippen LogP contribution is -2.39. The van der Waals surface area contributed by atoms with Crippen molar-refractivity contribution in [3.63, 3.8) is 0 Å². The maximum absolute atomic E-state index is 13.2. The zero-order valence-corrected chi connectivity index (χ0v) is 14.6. The number of hydrogen-bond acceptors (Lipinski definition) is 6. The molecule has 0 radical (unpaired) electrons. The molecule has 2 saturated heterocycles. The number of nitrogens with zero attached hydrogens (tertiary/aromatic N) is 4. The van der Waals surface area contributed by atoms with Gasteiger partial charge in [0, 0.05) is 32.2 Å². The molecule has 1 atom stereocenters. The van der Waals surface area contributed by atoms with Gasteiger partial charge in [-0.3, -0.25) is 0 Å². The van der Waals surface area contributed by atoms with E-state index in [1.807, 2.05) is 6.07 Å². The highest BCUT2D eigenvalue weighted by molar-refractivity contribution is 5.51. The van der Waals surface area contributed by atoms with Crippen LogP contribution in [0.25, 0.3) is 0 Å². The average Bonchev–Trinajstić information content (AvgIpc) is 2.69. The minimum atomic E-state index is -0.242. The van der Waals surface area contributed by atoms with Crippen LogP contribution in [0.5, 0.6) is 0 Å². The number of morpholine rings is 1. The quantitative estimate of drug-likeness (QED) is 0.907. The van der Waals surface area contributed by atoms with Crippen molar-refractivity contribution in [1.82, 2.24) is 9.97 Å². The molecule has 0 bridgehead atoms. The van der Waals surface area contributed by atoms with Gasteiger partial charge in [0.25, 0.3) is 0 Å². The largest absolute Gasteiger partial charge is 0.393 e. The average molecular weight is 358 g/mol. The molecule has 6 nitrogen and oxygen atoms in total. The van der Waals surface area contributed by atoms with Crippen LogP contribution < -0.4 is 9.80 Å². The summed E-state index contributed by atoms with van der Waals surface area (Å²) in [4.78, 5) is 13.2. The van der Waals surface area contributed by atoms with E-state index in [0.717, 1.165) is 49.7 Å². The van der Waals surface area contributed by atoms with E-state index in [1.54, 1.807) is 18.5 Å². The Morgan fingerprint density at radius 3 is 2.42 bits per heavy atom. The number of halogens is 1. The minimum Gasteiger partial charge on any atom is -0.393 e. The number of aromatic nitrogens is 2. The summed E-state index contributed by atoms with van der Waals surface area (Å²) in [6.07, 6.45) is 2.82. The lowest BCUT2D eigenvalue weighted by atomic mass is 10.1. The molecule has 2 aromatic rings. The number of anilines is 2. The van der Waals surface area contributed by atoms with Crippen LogP contribution >= 0.6 is 0 Å². The molecular weight excluding hydrogens is 335 g/mol. The van der Waals surface area contributed by atoms with Gasteiger partial charge in [-0.05, 0) is 30.5 Å². The highest BCUT2D eigenvalue weighted by atomic mass is 19.1. The van der Waals surface area contributed by atoms with Crippen molar-refractivity contribution in [3.05, 3.63) is 48.0 Å². The van der Waals surface area contributed by atoms with E-state index in [2.05, 4.69) is 19.8 Å². The lowest BCUT2D eigenvalue weighted by molar-refractivity contribution is 0.0395. The third-order valence-corrected chi connectivity index (χ3v) is 5.06. The van der Waals surface area contributed by atoms with E-state index in [1.165, 1.54) is 12.1 Å². The molecule has 3 heterocycles. The maximum atomic E-state index is 13.2. The Morgan fingerprint density at radius 2 is 1.69 bits per heavy atom. The summed E-state index contributed by atoms with van der Waals surface area (Å²) in [5, 5.41) is 9.68. The molecule has 26 heavy (non-hydrogen) atoms. The number of aliphatic hydroxyl groups excluding tert-OH is 1. The van der Waals surface area contributed by atoms with E-state index >= 15 is 0 Å². The molecule has 0 amide bonds. The van der Waals surface area contributed by atoms with Crippen LogP contribution in [0.3, 0.4) is 0 Å². The third kappa shape index (κ3) is 3.78. The molecular formula is C19H23FN4O2. The van der Waals surface area contributed by atoms with Crippen LogP contribution in [0.4, 0.5) is 16.0 Å². The van der Waals surface area contributed by atoms with Gasteiger partial charge in [0.2, 0.25) is 0 Å². The Bertz CT molecular complexity index is 735. The molecule has 1 aromatic carbocycles. The number of benzene rings is 1. The first-order chi connectivity index (χ1) is 12.7. The minimum absolute atomic E-state index is 0.104. The summed E-state index contributed by atoms with van der Waals surface area (Å²) in [6, 6.07) is 8.48. The Balaban J connectivity index is 1.48. The van der Waals surface area contributed by atoms with Crippen LogP contribution in [-0.2, 0) is 4.74 Å². The second-order valence-electron chi connectivity index (χ2n) is 6.81. The zero-order valence-electron chi connectivity index (χ0n) is 14.6. The molecule has 0 spiro atoms. The fourth-order valence-corrected chi connectivity index (χ4v) is 3.51. The van der Waals surface area contributed by atoms with Crippen molar-refractivity contribution in [3.8, 4) is 0 Å². The molecule has 2 fully saturated rings. The number of ether oxygens (including phenoxy) is 1. The van der Waals surface area contributed by atoms with Crippen molar-refractivity contribution < 1.29 is 14.2 Å². The molecule has 4 rings (SSSR count). The first-order valence-corrected chi connectivity index (χ1v) is 9.06. The Hall–Kier alpha value is -2.25. The van der Waals surface area contributed by atoms with E-state index < -0.39 is 0 Å². The van der Waals surface area contributed by atoms with Crippen molar-refractivity contribution in [2.75, 3.05) is 42.6 Å². The van der Waals surface area contributed by atoms with Gasteiger partial charge in [-0.1, -0.05) is 12.1 Å². The van der Waals surface area contributed by atoms with E-state index in [0.29, 0.717) is 13.2 Å². The van der Waals surface area contributed by atoms with Crippen molar-refractivity contribution in [2.45, 2.75) is 25.0 Å². The standard InChI is InChI=1S/C19H23FN4O2/c20-15-3-1-14(2-4-15)17-12-24(9-10-26-17)19-11-18(21-13-22-19)23-7-5-16(25)6-8-23/h1-4,11,13,16-17,25H,5-10,12H2/t17-/m0/s1. The summed E-state index contributed by atoms with van der Waals surface area (Å²) in [5.41, 5.74) is 0.968. The summed E-state index contributed by atoms with van der Waals surface area (Å²) >= 11 is 0. The Labute approximate surface area is 152 Å². The van der Waals surface area contributed by atoms with Crippen LogP contribution in [-0.4, -0.2) is 54.0 Å². The third-order valence-electron chi connectivity index (χ3n) is 5.06. The zero-order chi connectivity index (χ0) is 17.9. The fraction of sp³-hybridized carbons (Fsp3) is 0.474. The second kappa shape index (κ2) is 7.55. The predicted octanol–water partition coefficient (Wildman–Crippen LogP) is 2.15. The molecule has 138 valence electrons. The molecule has 1 N–H and O–H groups in total. The number of aliphatic hydroxyl groups is 1. The van der Waals surface area contributed by atoms with Gasteiger partial charge in [0.05, 0.1) is 12.7 Å². The first-order valence-electron chi connectivity index (χ1n) is 9.06. The van der Waals surface area contributed by atoms with Gasteiger partial charge < -0.3 is 19.6 Å². The van der Waals surface area contributed by atoms with Gasteiger partial charge in [-0.15, -0.1) is 0 Å². The molecule has 2 aliphatic heterocycles. The van der Waals surface area contributed by atoms with Gasteiger partial charge in [0.1, 0.15) is 29.9 Å². The molecule has 7 heteroatoms. The van der Waals surface area contributed by atoms with Gasteiger partial charge in [-0.2, -0.15) is 0 Å². The highest BCUT2D eigenvalue weighted by Gasteiger charge is 2.24. The first kappa shape index (κ1) is 17.2. The predicted molar refractivity (Wildman–Crippen MR) is 96.8 cm³/mol. The maximum Gasteiger partial charge on any atom is 0.134 e. The van der Waals surface area contributed by atoms with Crippen molar-refractivity contribution in [1.29, 1.82) is 0 Å². The molecule has 0 aliphatic carbocycles. The van der Waals surface area contributed by atoms with Gasteiger partial charge in [0.15, 0.2) is 0 Å². The number of piperidine rings is 1. The topological polar surface area (TPSA) is 61.7 Å². The Morgan fingerprint density at radius 1 is 1.00 bits per heavy atom. The van der Waals surface area contributed by atoms with Crippen molar-refractivity contribution in [2.24, 2.45) is 0 Å². The molecule has 2 aliphatic rings. The fourth-order valence-electron chi connectivity index (χ4n) is 3.51. The number of rotatable bonds is 3. The summed E-state index contributed by atoms with van der Waals surface area (Å²) in [7, 11) is 0. The molecule has 1 aromatic heterocycles. The van der Waals surface area contributed by atoms with E-state index in [4.69, 9.17) is 4.74 Å². The normalized spacial score (nSPS) is 21.8. The lowest BCUT2D eigenvalue weighted by Gasteiger charge is -2.35. The van der Waals surface area contributed by atoms with Crippen LogP contribution in [0.15, 0.2) is 36.7 Å². The highest BCUT2D eigenvalue weighted by Crippen LogP contribution is 2.27. The molecule has 0 unspecified atom stereocenters.